The number of piperidine rings is 1. The van der Waals surface area contributed by atoms with Gasteiger partial charge in [0.15, 0.2) is 0 Å². The van der Waals surface area contributed by atoms with Crippen LogP contribution in [0.25, 0.3) is 0 Å². The smallest absolute Gasteiger partial charge is 0.407 e. The van der Waals surface area contributed by atoms with Crippen LogP contribution in [0.4, 0.5) is 15.0 Å². The Morgan fingerprint density at radius 2 is 1.81 bits per heavy atom. The van der Waals surface area contributed by atoms with Gasteiger partial charge in [0.2, 0.25) is 5.91 Å². The summed E-state index contributed by atoms with van der Waals surface area (Å²) in [6, 6.07) is 10.1. The molecule has 0 spiro atoms. The summed E-state index contributed by atoms with van der Waals surface area (Å²) < 4.78 is 13.1. The number of carbonyl (C=O) groups is 2. The van der Waals surface area contributed by atoms with E-state index in [-0.39, 0.29) is 29.6 Å². The molecule has 3 heterocycles. The van der Waals surface area contributed by atoms with Crippen LogP contribution < -0.4 is 4.90 Å². The number of hydrogen-bond acceptors (Lipinski definition) is 4. The standard InChI is InChI=1S/C23H26ClFN4O3/c1-27(23(31)32)20-14-29(13-19(20)15-2-4-17(24)5-3-15)22(30)16-8-10-28(11-9-16)21-7-6-18(25)12-26-21/h2-7,12,16,19-20H,8-11,13-14H2,1H3,(H,31,32)/t19-,20+/m0/s1. The molecule has 2 aliphatic rings. The fourth-order valence-corrected chi connectivity index (χ4v) is 4.83. The molecule has 0 saturated carbocycles. The molecule has 2 fully saturated rings. The Morgan fingerprint density at radius 1 is 1.12 bits per heavy atom. The van der Waals surface area contributed by atoms with Crippen molar-refractivity contribution in [2.45, 2.75) is 24.8 Å². The van der Waals surface area contributed by atoms with E-state index in [0.29, 0.717) is 49.9 Å². The third-order valence-electron chi connectivity index (χ3n) is 6.58. The SMILES string of the molecule is CN(C(=O)O)[C@@H]1CN(C(=O)C2CCN(c3ccc(F)cn3)CC2)C[C@H]1c1ccc(Cl)cc1. The van der Waals surface area contributed by atoms with Gasteiger partial charge in [-0.05, 0) is 42.7 Å². The highest BCUT2D eigenvalue weighted by Crippen LogP contribution is 2.34. The summed E-state index contributed by atoms with van der Waals surface area (Å²) in [5.74, 6) is 0.178. The van der Waals surface area contributed by atoms with E-state index in [4.69, 9.17) is 11.6 Å². The average Bonchev–Trinajstić information content (AvgIpc) is 3.24. The number of anilines is 1. The minimum atomic E-state index is -1.01. The lowest BCUT2D eigenvalue weighted by Gasteiger charge is -2.34. The van der Waals surface area contributed by atoms with Crippen LogP contribution in [0.2, 0.25) is 5.02 Å². The second-order valence-corrected chi connectivity index (χ2v) is 8.89. The highest BCUT2D eigenvalue weighted by atomic mass is 35.5. The summed E-state index contributed by atoms with van der Waals surface area (Å²) >= 11 is 6.02. The molecule has 0 aliphatic carbocycles. The van der Waals surface area contributed by atoms with Crippen molar-refractivity contribution in [3.05, 3.63) is 59.0 Å². The van der Waals surface area contributed by atoms with Crippen LogP contribution in [-0.2, 0) is 4.79 Å². The van der Waals surface area contributed by atoms with Crippen LogP contribution >= 0.6 is 11.6 Å². The molecule has 32 heavy (non-hydrogen) atoms. The molecule has 2 amide bonds. The lowest BCUT2D eigenvalue weighted by atomic mass is 9.93. The van der Waals surface area contributed by atoms with Crippen molar-refractivity contribution in [1.82, 2.24) is 14.8 Å². The molecule has 2 aliphatic heterocycles. The summed E-state index contributed by atoms with van der Waals surface area (Å²) in [5.41, 5.74) is 0.972. The minimum absolute atomic E-state index is 0.0666. The molecule has 1 aromatic carbocycles. The second-order valence-electron chi connectivity index (χ2n) is 8.46. The first-order valence-electron chi connectivity index (χ1n) is 10.7. The third-order valence-corrected chi connectivity index (χ3v) is 6.83. The quantitative estimate of drug-likeness (QED) is 0.752. The maximum atomic E-state index is 13.3. The molecular formula is C23H26ClFN4O3. The van der Waals surface area contributed by atoms with Gasteiger partial charge in [0.05, 0.1) is 12.2 Å². The van der Waals surface area contributed by atoms with Gasteiger partial charge in [-0.25, -0.2) is 14.2 Å². The number of carbonyl (C=O) groups excluding carboxylic acids is 1. The lowest BCUT2D eigenvalue weighted by molar-refractivity contribution is -0.135. The zero-order chi connectivity index (χ0) is 22.8. The topological polar surface area (TPSA) is 77.0 Å². The highest BCUT2D eigenvalue weighted by molar-refractivity contribution is 6.30. The van der Waals surface area contributed by atoms with Gasteiger partial charge in [-0.15, -0.1) is 0 Å². The molecule has 1 aromatic heterocycles. The van der Waals surface area contributed by atoms with E-state index in [2.05, 4.69) is 9.88 Å². The second kappa shape index (κ2) is 9.32. The number of likely N-dealkylation sites (N-methyl/N-ethyl adjacent to an activating group) is 1. The summed E-state index contributed by atoms with van der Waals surface area (Å²) in [4.78, 5) is 34.3. The van der Waals surface area contributed by atoms with Crippen LogP contribution in [0.1, 0.15) is 24.3 Å². The Kier molecular flexibility index (Phi) is 6.50. The number of aromatic nitrogens is 1. The van der Waals surface area contributed by atoms with Crippen molar-refractivity contribution in [2.24, 2.45) is 5.92 Å². The van der Waals surface area contributed by atoms with Gasteiger partial charge < -0.3 is 19.8 Å². The number of halogens is 2. The number of benzene rings is 1. The molecule has 2 atom stereocenters. The summed E-state index contributed by atoms with van der Waals surface area (Å²) in [6.07, 6.45) is 1.55. The molecule has 0 unspecified atom stereocenters. The first-order chi connectivity index (χ1) is 15.3. The van der Waals surface area contributed by atoms with Crippen LogP contribution in [-0.4, -0.2) is 71.2 Å². The van der Waals surface area contributed by atoms with E-state index >= 15 is 0 Å². The van der Waals surface area contributed by atoms with Crippen molar-refractivity contribution in [2.75, 3.05) is 38.1 Å². The normalized spacial score (nSPS) is 21.6. The average molecular weight is 461 g/mol. The Labute approximate surface area is 191 Å². The molecule has 2 saturated heterocycles. The van der Waals surface area contributed by atoms with Gasteiger partial charge >= 0.3 is 6.09 Å². The molecular weight excluding hydrogens is 435 g/mol. The van der Waals surface area contributed by atoms with Gasteiger partial charge in [0.1, 0.15) is 11.6 Å². The van der Waals surface area contributed by atoms with Gasteiger partial charge in [-0.1, -0.05) is 23.7 Å². The van der Waals surface area contributed by atoms with E-state index < -0.39 is 6.09 Å². The van der Waals surface area contributed by atoms with Crippen LogP contribution in [0.3, 0.4) is 0 Å². The largest absolute Gasteiger partial charge is 0.465 e. The number of hydrogen-bond donors (Lipinski definition) is 1. The van der Waals surface area contributed by atoms with E-state index in [0.717, 1.165) is 5.56 Å². The summed E-state index contributed by atoms with van der Waals surface area (Å²) in [6.45, 7) is 2.18. The summed E-state index contributed by atoms with van der Waals surface area (Å²) in [7, 11) is 1.55. The molecule has 0 bridgehead atoms. The predicted molar refractivity (Wildman–Crippen MR) is 119 cm³/mol. The zero-order valence-corrected chi connectivity index (χ0v) is 18.6. The number of carboxylic acid groups (broad SMARTS) is 1. The van der Waals surface area contributed by atoms with Crippen molar-refractivity contribution in [3.8, 4) is 0 Å². The van der Waals surface area contributed by atoms with Crippen molar-refractivity contribution in [3.63, 3.8) is 0 Å². The van der Waals surface area contributed by atoms with Gasteiger partial charge in [0, 0.05) is 50.1 Å². The minimum Gasteiger partial charge on any atom is -0.465 e. The Hall–Kier alpha value is -2.87. The molecule has 7 nitrogen and oxygen atoms in total. The number of pyridine rings is 1. The lowest BCUT2D eigenvalue weighted by Crippen LogP contribution is -2.44. The number of amides is 2. The Balaban J connectivity index is 1.43. The molecule has 4 rings (SSSR count). The van der Waals surface area contributed by atoms with Gasteiger partial charge in [-0.2, -0.15) is 0 Å². The van der Waals surface area contributed by atoms with E-state index in [1.165, 1.54) is 17.2 Å². The maximum Gasteiger partial charge on any atom is 0.407 e. The van der Waals surface area contributed by atoms with Crippen LogP contribution in [0, 0.1) is 11.7 Å². The van der Waals surface area contributed by atoms with E-state index in [1.807, 2.05) is 12.1 Å². The molecule has 9 heteroatoms. The Bertz CT molecular complexity index is 964. The van der Waals surface area contributed by atoms with Crippen molar-refractivity contribution in [1.29, 1.82) is 0 Å². The highest BCUT2D eigenvalue weighted by Gasteiger charge is 2.42. The molecule has 1 N–H and O–H groups in total. The predicted octanol–water partition coefficient (Wildman–Crippen LogP) is 3.69. The van der Waals surface area contributed by atoms with Crippen molar-refractivity contribution < 1.29 is 19.1 Å². The Morgan fingerprint density at radius 3 is 2.41 bits per heavy atom. The molecule has 2 aromatic rings. The fraction of sp³-hybridized carbons (Fsp3) is 0.435. The zero-order valence-electron chi connectivity index (χ0n) is 17.8. The maximum absolute atomic E-state index is 13.3. The fourth-order valence-electron chi connectivity index (χ4n) is 4.71. The first kappa shape index (κ1) is 22.3. The van der Waals surface area contributed by atoms with Crippen LogP contribution in [0.5, 0.6) is 0 Å². The monoisotopic (exact) mass is 460 g/mol. The van der Waals surface area contributed by atoms with Crippen molar-refractivity contribution >= 4 is 29.4 Å². The third kappa shape index (κ3) is 4.65. The van der Waals surface area contributed by atoms with E-state index in [9.17, 15) is 19.1 Å². The van der Waals surface area contributed by atoms with E-state index in [1.54, 1.807) is 30.1 Å². The number of rotatable bonds is 4. The molecule has 0 radical (unpaired) electrons. The number of nitrogens with zero attached hydrogens (tertiary/aromatic N) is 4. The summed E-state index contributed by atoms with van der Waals surface area (Å²) in [5, 5.41) is 10.2. The van der Waals surface area contributed by atoms with Gasteiger partial charge in [0.25, 0.3) is 0 Å². The van der Waals surface area contributed by atoms with Crippen LogP contribution in [0.15, 0.2) is 42.6 Å². The first-order valence-corrected chi connectivity index (χ1v) is 11.1. The molecule has 170 valence electrons. The number of likely N-dealkylation sites (tertiary alicyclic amines) is 1. The van der Waals surface area contributed by atoms with Gasteiger partial charge in [-0.3, -0.25) is 4.79 Å².